The second kappa shape index (κ2) is 8.20. The Kier molecular flexibility index (Phi) is 6.09. The van der Waals surface area contributed by atoms with Crippen LogP contribution in [0.15, 0.2) is 40.6 Å². The molecular weight excluding hydrogens is 422 g/mol. The summed E-state index contributed by atoms with van der Waals surface area (Å²) in [6.45, 7) is 0.504. The fraction of sp³-hybridized carbons (Fsp3) is 0.333. The van der Waals surface area contributed by atoms with Gasteiger partial charge >= 0.3 is 0 Å². The van der Waals surface area contributed by atoms with E-state index in [0.29, 0.717) is 10.7 Å². The standard InChI is InChI=1S/C18H20ClN3O4S2/c1-21(2)28(25,26)17-7-6-15(27-17)10-20-18(24)12-8-16(23)22(11-12)14-5-3-4-13(19)9-14/h3-7,9,12H,8,10-11H2,1-2H3,(H,20,24)/t12-/m1/s1. The Morgan fingerprint density at radius 2 is 2.07 bits per heavy atom. The molecule has 0 radical (unpaired) electrons. The van der Waals surface area contributed by atoms with Crippen LogP contribution in [-0.4, -0.2) is 45.2 Å². The van der Waals surface area contributed by atoms with Gasteiger partial charge in [-0.2, -0.15) is 0 Å². The van der Waals surface area contributed by atoms with E-state index in [1.807, 2.05) is 0 Å². The Morgan fingerprint density at radius 1 is 1.32 bits per heavy atom. The van der Waals surface area contributed by atoms with Gasteiger partial charge in [-0.25, -0.2) is 12.7 Å². The lowest BCUT2D eigenvalue weighted by Crippen LogP contribution is -2.32. The smallest absolute Gasteiger partial charge is 0.252 e. The Morgan fingerprint density at radius 3 is 2.75 bits per heavy atom. The number of sulfonamides is 1. The van der Waals surface area contributed by atoms with Crippen LogP contribution in [0, 0.1) is 5.92 Å². The van der Waals surface area contributed by atoms with Gasteiger partial charge < -0.3 is 10.2 Å². The molecule has 7 nitrogen and oxygen atoms in total. The molecule has 1 aliphatic rings. The summed E-state index contributed by atoms with van der Waals surface area (Å²) in [5.74, 6) is -0.822. The Balaban J connectivity index is 1.60. The van der Waals surface area contributed by atoms with Crippen LogP contribution < -0.4 is 10.2 Å². The molecule has 0 aliphatic carbocycles. The average molecular weight is 442 g/mol. The number of rotatable bonds is 6. The van der Waals surface area contributed by atoms with Crippen molar-refractivity contribution >= 4 is 50.5 Å². The summed E-state index contributed by atoms with van der Waals surface area (Å²) >= 11 is 7.09. The van der Waals surface area contributed by atoms with Gasteiger partial charge in [-0.1, -0.05) is 17.7 Å². The van der Waals surface area contributed by atoms with Gasteiger partial charge in [-0.15, -0.1) is 11.3 Å². The van der Waals surface area contributed by atoms with Crippen LogP contribution in [0.2, 0.25) is 5.02 Å². The van der Waals surface area contributed by atoms with E-state index in [1.54, 1.807) is 35.2 Å². The van der Waals surface area contributed by atoms with Crippen LogP contribution in [0.25, 0.3) is 0 Å². The van der Waals surface area contributed by atoms with Gasteiger partial charge in [-0.3, -0.25) is 9.59 Å². The summed E-state index contributed by atoms with van der Waals surface area (Å²) < 4.78 is 25.6. The second-order valence-electron chi connectivity index (χ2n) is 6.61. The average Bonchev–Trinajstić information content (AvgIpc) is 3.26. The van der Waals surface area contributed by atoms with Crippen molar-refractivity contribution in [2.75, 3.05) is 25.5 Å². The van der Waals surface area contributed by atoms with E-state index in [0.717, 1.165) is 20.5 Å². The Labute approximate surface area is 172 Å². The van der Waals surface area contributed by atoms with Crippen molar-refractivity contribution in [2.45, 2.75) is 17.2 Å². The second-order valence-corrected chi connectivity index (χ2v) is 10.6. The monoisotopic (exact) mass is 441 g/mol. The maximum absolute atomic E-state index is 12.5. The van der Waals surface area contributed by atoms with E-state index >= 15 is 0 Å². The molecule has 2 amide bonds. The molecule has 10 heteroatoms. The van der Waals surface area contributed by atoms with E-state index in [2.05, 4.69) is 5.32 Å². The minimum absolute atomic E-state index is 0.127. The van der Waals surface area contributed by atoms with Gasteiger partial charge in [-0.05, 0) is 30.3 Å². The number of hydrogen-bond acceptors (Lipinski definition) is 5. The first-order valence-corrected chi connectivity index (χ1v) is 11.2. The van der Waals surface area contributed by atoms with E-state index < -0.39 is 15.9 Å². The lowest BCUT2D eigenvalue weighted by Gasteiger charge is -2.17. The molecule has 150 valence electrons. The molecule has 2 aromatic rings. The number of amides is 2. The topological polar surface area (TPSA) is 86.8 Å². The number of thiophene rings is 1. The van der Waals surface area contributed by atoms with Crippen molar-refractivity contribution in [3.8, 4) is 0 Å². The van der Waals surface area contributed by atoms with E-state index in [9.17, 15) is 18.0 Å². The lowest BCUT2D eigenvalue weighted by atomic mass is 10.1. The number of carbonyl (C=O) groups is 2. The first-order chi connectivity index (χ1) is 13.2. The molecule has 0 bridgehead atoms. The van der Waals surface area contributed by atoms with Crippen LogP contribution in [0.3, 0.4) is 0 Å². The number of nitrogens with one attached hydrogen (secondary N) is 1. The third-order valence-electron chi connectivity index (χ3n) is 4.42. The van der Waals surface area contributed by atoms with Crippen molar-refractivity contribution < 1.29 is 18.0 Å². The molecule has 3 rings (SSSR count). The van der Waals surface area contributed by atoms with Crippen LogP contribution in [-0.2, 0) is 26.2 Å². The molecule has 2 heterocycles. The molecule has 1 atom stereocenters. The summed E-state index contributed by atoms with van der Waals surface area (Å²) in [5, 5.41) is 3.32. The number of anilines is 1. The molecule has 0 spiro atoms. The maximum Gasteiger partial charge on any atom is 0.252 e. The minimum Gasteiger partial charge on any atom is -0.351 e. The first-order valence-electron chi connectivity index (χ1n) is 8.53. The SMILES string of the molecule is CN(C)S(=O)(=O)c1ccc(CNC(=O)[C@@H]2CC(=O)N(c3cccc(Cl)c3)C2)s1. The normalized spacial score (nSPS) is 17.4. The van der Waals surface area contributed by atoms with Gasteiger partial charge in [0.05, 0.1) is 12.5 Å². The highest BCUT2D eigenvalue weighted by atomic mass is 35.5. The molecule has 1 aromatic heterocycles. The molecule has 1 saturated heterocycles. The van der Waals surface area contributed by atoms with E-state index in [4.69, 9.17) is 11.6 Å². The third kappa shape index (κ3) is 4.38. The summed E-state index contributed by atoms with van der Waals surface area (Å²) in [6, 6.07) is 10.2. The van der Waals surface area contributed by atoms with Gasteiger partial charge in [0, 0.05) is 42.6 Å². The number of halogens is 1. The van der Waals surface area contributed by atoms with Crippen LogP contribution in [0.5, 0.6) is 0 Å². The van der Waals surface area contributed by atoms with Crippen molar-refractivity contribution in [1.82, 2.24) is 9.62 Å². The highest BCUT2D eigenvalue weighted by Crippen LogP contribution is 2.28. The minimum atomic E-state index is -3.48. The molecule has 1 N–H and O–H groups in total. The third-order valence-corrected chi connectivity index (χ3v) is 8.03. The van der Waals surface area contributed by atoms with Gasteiger partial charge in [0.1, 0.15) is 4.21 Å². The zero-order valence-electron chi connectivity index (χ0n) is 15.4. The van der Waals surface area contributed by atoms with Crippen LogP contribution >= 0.6 is 22.9 Å². The molecule has 1 fully saturated rings. The molecule has 1 aliphatic heterocycles. The summed E-state index contributed by atoms with van der Waals surface area (Å²) in [6.07, 6.45) is 0.128. The molecule has 0 saturated carbocycles. The number of nitrogens with zero attached hydrogens (tertiary/aromatic N) is 2. The molecular formula is C18H20ClN3O4S2. The molecule has 0 unspecified atom stereocenters. The predicted octanol–water partition coefficient (Wildman–Crippen LogP) is 2.32. The van der Waals surface area contributed by atoms with Crippen LogP contribution in [0.4, 0.5) is 5.69 Å². The van der Waals surface area contributed by atoms with E-state index in [1.165, 1.54) is 20.2 Å². The van der Waals surface area contributed by atoms with Gasteiger partial charge in [0.2, 0.25) is 11.8 Å². The zero-order chi connectivity index (χ0) is 20.5. The van der Waals surface area contributed by atoms with Crippen molar-refractivity contribution in [2.24, 2.45) is 5.92 Å². The van der Waals surface area contributed by atoms with Crippen molar-refractivity contribution in [1.29, 1.82) is 0 Å². The summed E-state index contributed by atoms with van der Waals surface area (Å²) in [7, 11) is -0.539. The number of carbonyl (C=O) groups excluding carboxylic acids is 2. The Hall–Kier alpha value is -1.94. The Bertz CT molecular complexity index is 1000. The lowest BCUT2D eigenvalue weighted by molar-refractivity contribution is -0.126. The highest BCUT2D eigenvalue weighted by Gasteiger charge is 2.35. The zero-order valence-corrected chi connectivity index (χ0v) is 17.8. The predicted molar refractivity (Wildman–Crippen MR) is 109 cm³/mol. The maximum atomic E-state index is 12.5. The summed E-state index contributed by atoms with van der Waals surface area (Å²) in [5.41, 5.74) is 0.671. The quantitative estimate of drug-likeness (QED) is 0.745. The summed E-state index contributed by atoms with van der Waals surface area (Å²) in [4.78, 5) is 27.1. The molecule has 28 heavy (non-hydrogen) atoms. The van der Waals surface area contributed by atoms with Crippen molar-refractivity contribution in [3.05, 3.63) is 46.3 Å². The fourth-order valence-corrected chi connectivity index (χ4v) is 5.52. The van der Waals surface area contributed by atoms with Gasteiger partial charge in [0.15, 0.2) is 0 Å². The number of hydrogen-bond donors (Lipinski definition) is 1. The number of benzene rings is 1. The highest BCUT2D eigenvalue weighted by molar-refractivity contribution is 7.91. The fourth-order valence-electron chi connectivity index (χ4n) is 2.87. The largest absolute Gasteiger partial charge is 0.351 e. The van der Waals surface area contributed by atoms with Crippen molar-refractivity contribution in [3.63, 3.8) is 0 Å². The van der Waals surface area contributed by atoms with Crippen LogP contribution in [0.1, 0.15) is 11.3 Å². The van der Waals surface area contributed by atoms with Gasteiger partial charge in [0.25, 0.3) is 10.0 Å². The first kappa shape index (κ1) is 20.8. The van der Waals surface area contributed by atoms with E-state index in [-0.39, 0.29) is 35.5 Å². The molecule has 1 aromatic carbocycles.